The highest BCUT2D eigenvalue weighted by molar-refractivity contribution is 5.73. The number of carboxylic acid groups (broad SMARTS) is 1. The Kier molecular flexibility index (Phi) is 4.10. The van der Waals surface area contributed by atoms with Gasteiger partial charge in [-0.2, -0.15) is 5.10 Å². The Hall–Kier alpha value is -3.08. The predicted molar refractivity (Wildman–Crippen MR) is 88.9 cm³/mol. The smallest absolute Gasteiger partial charge is 0.328 e. The first-order chi connectivity index (χ1) is 11.1. The van der Waals surface area contributed by atoms with Crippen LogP contribution in [0.15, 0.2) is 66.7 Å². The molecular formula is C18H17N3O2. The second-order valence-electron chi connectivity index (χ2n) is 5.31. The number of nitrogens with two attached hydrogens (primary N) is 1. The van der Waals surface area contributed by atoms with E-state index >= 15 is 0 Å². The molecule has 1 atom stereocenters. The van der Waals surface area contributed by atoms with Crippen molar-refractivity contribution in [2.75, 3.05) is 5.73 Å². The largest absolute Gasteiger partial charge is 0.480 e. The number of anilines is 1. The molecule has 1 heterocycles. The predicted octanol–water partition coefficient (Wildman–Crippen LogP) is 3.00. The lowest BCUT2D eigenvalue weighted by atomic mass is 10.1. The number of benzene rings is 2. The molecule has 0 aliphatic heterocycles. The number of hydrogen-bond donors (Lipinski definition) is 2. The lowest BCUT2D eigenvalue weighted by Gasteiger charge is -2.14. The van der Waals surface area contributed by atoms with E-state index in [1.54, 1.807) is 6.07 Å². The summed E-state index contributed by atoms with van der Waals surface area (Å²) in [6.07, 6.45) is 0.330. The minimum atomic E-state index is -0.955. The lowest BCUT2D eigenvalue weighted by Crippen LogP contribution is -2.23. The monoisotopic (exact) mass is 307 g/mol. The van der Waals surface area contributed by atoms with Crippen molar-refractivity contribution in [2.45, 2.75) is 12.5 Å². The van der Waals surface area contributed by atoms with Crippen LogP contribution in [0.5, 0.6) is 0 Å². The fraction of sp³-hybridized carbons (Fsp3) is 0.111. The van der Waals surface area contributed by atoms with Crippen molar-refractivity contribution >= 4 is 11.8 Å². The molecule has 0 radical (unpaired) electrons. The number of carboxylic acids is 1. The van der Waals surface area contributed by atoms with E-state index in [1.165, 1.54) is 4.68 Å². The van der Waals surface area contributed by atoms with Crippen LogP contribution in [0.4, 0.5) is 5.82 Å². The minimum Gasteiger partial charge on any atom is -0.480 e. The van der Waals surface area contributed by atoms with E-state index in [0.29, 0.717) is 17.9 Å². The van der Waals surface area contributed by atoms with Crippen molar-refractivity contribution < 1.29 is 9.90 Å². The molecule has 0 amide bonds. The van der Waals surface area contributed by atoms with Gasteiger partial charge in [0.15, 0.2) is 6.04 Å². The summed E-state index contributed by atoms with van der Waals surface area (Å²) in [5, 5.41) is 14.0. The Bertz CT molecular complexity index is 798. The standard InChI is InChI=1S/C18H17N3O2/c19-17-12-15(14-9-5-2-6-10-14)20-21(17)16(18(22)23)11-13-7-3-1-4-8-13/h1-10,12,16H,11,19H2,(H,22,23). The zero-order valence-corrected chi connectivity index (χ0v) is 12.5. The summed E-state index contributed by atoms with van der Waals surface area (Å²) in [5.41, 5.74) is 8.51. The summed E-state index contributed by atoms with van der Waals surface area (Å²) in [5.74, 6) is -0.615. The fourth-order valence-corrected chi connectivity index (χ4v) is 2.52. The van der Waals surface area contributed by atoms with Gasteiger partial charge in [0.05, 0.1) is 5.69 Å². The summed E-state index contributed by atoms with van der Waals surface area (Å²) in [7, 11) is 0. The van der Waals surface area contributed by atoms with Crippen molar-refractivity contribution in [3.8, 4) is 11.3 Å². The molecule has 1 aromatic heterocycles. The quantitative estimate of drug-likeness (QED) is 0.759. The minimum absolute atomic E-state index is 0.330. The van der Waals surface area contributed by atoms with E-state index < -0.39 is 12.0 Å². The first-order valence-corrected chi connectivity index (χ1v) is 7.32. The number of rotatable bonds is 5. The molecule has 1 unspecified atom stereocenters. The summed E-state index contributed by atoms with van der Waals surface area (Å²) < 4.78 is 1.39. The normalized spacial score (nSPS) is 12.0. The van der Waals surface area contributed by atoms with Gasteiger partial charge >= 0.3 is 5.97 Å². The molecule has 2 aromatic carbocycles. The van der Waals surface area contributed by atoms with Gasteiger partial charge in [0.25, 0.3) is 0 Å². The average molecular weight is 307 g/mol. The molecule has 0 spiro atoms. The molecule has 3 rings (SSSR count). The number of carbonyl (C=O) groups is 1. The fourth-order valence-electron chi connectivity index (χ4n) is 2.52. The van der Waals surface area contributed by atoms with E-state index in [-0.39, 0.29) is 0 Å². The van der Waals surface area contributed by atoms with Crippen LogP contribution in [0, 0.1) is 0 Å². The number of aliphatic carboxylic acids is 1. The molecule has 5 heteroatoms. The molecule has 3 N–H and O–H groups in total. The summed E-state index contributed by atoms with van der Waals surface area (Å²) in [6.45, 7) is 0. The lowest BCUT2D eigenvalue weighted by molar-refractivity contribution is -0.141. The Morgan fingerprint density at radius 3 is 2.30 bits per heavy atom. The number of nitrogens with zero attached hydrogens (tertiary/aromatic N) is 2. The second kappa shape index (κ2) is 6.36. The van der Waals surface area contributed by atoms with E-state index in [9.17, 15) is 9.90 Å². The van der Waals surface area contributed by atoms with Crippen molar-refractivity contribution in [1.29, 1.82) is 0 Å². The van der Waals surface area contributed by atoms with Gasteiger partial charge in [0.2, 0.25) is 0 Å². The summed E-state index contributed by atoms with van der Waals surface area (Å²) >= 11 is 0. The van der Waals surface area contributed by atoms with E-state index in [0.717, 1.165) is 11.1 Å². The SMILES string of the molecule is Nc1cc(-c2ccccc2)nn1C(Cc1ccccc1)C(=O)O. The van der Waals surface area contributed by atoms with Gasteiger partial charge in [-0.1, -0.05) is 60.7 Å². The first-order valence-electron chi connectivity index (χ1n) is 7.32. The van der Waals surface area contributed by atoms with Crippen molar-refractivity contribution in [2.24, 2.45) is 0 Å². The number of aromatic nitrogens is 2. The average Bonchev–Trinajstić information content (AvgIpc) is 2.96. The topological polar surface area (TPSA) is 81.1 Å². The van der Waals surface area contributed by atoms with E-state index in [4.69, 9.17) is 5.73 Å². The second-order valence-corrected chi connectivity index (χ2v) is 5.31. The van der Waals surface area contributed by atoms with Crippen molar-refractivity contribution in [3.05, 3.63) is 72.3 Å². The Morgan fingerprint density at radius 2 is 1.70 bits per heavy atom. The van der Waals surface area contributed by atoms with Gasteiger partial charge in [-0.3, -0.25) is 0 Å². The van der Waals surface area contributed by atoms with Gasteiger partial charge in [0.1, 0.15) is 5.82 Å². The molecule has 3 aromatic rings. The number of nitrogen functional groups attached to an aromatic ring is 1. The third-order valence-electron chi connectivity index (χ3n) is 3.69. The highest BCUT2D eigenvalue weighted by Gasteiger charge is 2.24. The Labute approximate surface area is 134 Å². The van der Waals surface area contributed by atoms with Crippen molar-refractivity contribution in [1.82, 2.24) is 9.78 Å². The van der Waals surface area contributed by atoms with Gasteiger partial charge in [-0.05, 0) is 5.56 Å². The Morgan fingerprint density at radius 1 is 1.09 bits per heavy atom. The van der Waals surface area contributed by atoms with Crippen LogP contribution in [-0.4, -0.2) is 20.9 Å². The van der Waals surface area contributed by atoms with Crippen LogP contribution in [0.3, 0.4) is 0 Å². The molecule has 0 bridgehead atoms. The number of hydrogen-bond acceptors (Lipinski definition) is 3. The highest BCUT2D eigenvalue weighted by Crippen LogP contribution is 2.24. The molecule has 0 aliphatic rings. The zero-order valence-electron chi connectivity index (χ0n) is 12.5. The molecule has 116 valence electrons. The third kappa shape index (κ3) is 3.23. The molecular weight excluding hydrogens is 290 g/mol. The molecule has 0 fully saturated rings. The van der Waals surface area contributed by atoms with Gasteiger partial charge in [0, 0.05) is 18.1 Å². The molecule has 0 aliphatic carbocycles. The molecule has 0 saturated heterocycles. The summed E-state index contributed by atoms with van der Waals surface area (Å²) in [6, 6.07) is 19.9. The Balaban J connectivity index is 1.94. The maximum absolute atomic E-state index is 11.7. The van der Waals surface area contributed by atoms with Gasteiger partial charge < -0.3 is 10.8 Å². The molecule has 23 heavy (non-hydrogen) atoms. The van der Waals surface area contributed by atoms with Gasteiger partial charge in [-0.15, -0.1) is 0 Å². The molecule has 0 saturated carbocycles. The maximum Gasteiger partial charge on any atom is 0.328 e. The van der Waals surface area contributed by atoms with Crippen LogP contribution in [0.25, 0.3) is 11.3 Å². The van der Waals surface area contributed by atoms with Crippen LogP contribution in [-0.2, 0) is 11.2 Å². The van der Waals surface area contributed by atoms with Crippen molar-refractivity contribution in [3.63, 3.8) is 0 Å². The third-order valence-corrected chi connectivity index (χ3v) is 3.69. The van der Waals surface area contributed by atoms with Crippen LogP contribution in [0.2, 0.25) is 0 Å². The van der Waals surface area contributed by atoms with E-state index in [1.807, 2.05) is 60.7 Å². The van der Waals surface area contributed by atoms with Crippen LogP contribution >= 0.6 is 0 Å². The van der Waals surface area contributed by atoms with Gasteiger partial charge in [-0.25, -0.2) is 9.48 Å². The van der Waals surface area contributed by atoms with Crippen LogP contribution in [0.1, 0.15) is 11.6 Å². The van der Waals surface area contributed by atoms with E-state index in [2.05, 4.69) is 5.10 Å². The first kappa shape index (κ1) is 14.8. The maximum atomic E-state index is 11.7. The zero-order chi connectivity index (χ0) is 16.2. The van der Waals surface area contributed by atoms with Crippen LogP contribution < -0.4 is 5.73 Å². The summed E-state index contributed by atoms with van der Waals surface area (Å²) in [4.78, 5) is 11.7. The highest BCUT2D eigenvalue weighted by atomic mass is 16.4. The molecule has 5 nitrogen and oxygen atoms in total.